The Hall–Kier alpha value is -3.22. The zero-order valence-electron chi connectivity index (χ0n) is 19.5. The minimum Gasteiger partial charge on any atom is -0.493 e. The molecule has 0 unspecified atom stereocenters. The van der Waals surface area contributed by atoms with E-state index in [0.29, 0.717) is 35.8 Å². The van der Waals surface area contributed by atoms with Gasteiger partial charge in [-0.25, -0.2) is 0 Å². The number of esters is 1. The van der Waals surface area contributed by atoms with E-state index < -0.39 is 5.60 Å². The standard InChI is InChI=1S/C26H31NO6/c1-4-5-6-7-22(28)33-26(12-13-26)16-32-23-19(10-11-21(30-2)24(23)31-3)17-8-9-20-18(14-17)15-27-25(20)29/h8-11,14H,4-7,12-13,15-16H2,1-3H3,(H,27,29). The molecular weight excluding hydrogens is 422 g/mol. The number of hydrogen-bond acceptors (Lipinski definition) is 6. The van der Waals surface area contributed by atoms with Gasteiger partial charge in [0.2, 0.25) is 5.75 Å². The van der Waals surface area contributed by atoms with Gasteiger partial charge in [-0.1, -0.05) is 25.8 Å². The maximum Gasteiger partial charge on any atom is 0.306 e. The molecule has 0 saturated heterocycles. The van der Waals surface area contributed by atoms with E-state index >= 15 is 0 Å². The fourth-order valence-electron chi connectivity index (χ4n) is 4.10. The Morgan fingerprint density at radius 1 is 1.03 bits per heavy atom. The van der Waals surface area contributed by atoms with E-state index in [1.54, 1.807) is 14.2 Å². The molecule has 1 saturated carbocycles. The molecule has 1 amide bonds. The van der Waals surface area contributed by atoms with Crippen LogP contribution in [0.3, 0.4) is 0 Å². The zero-order valence-corrected chi connectivity index (χ0v) is 19.5. The van der Waals surface area contributed by atoms with Crippen LogP contribution < -0.4 is 19.5 Å². The molecule has 2 aromatic rings. The fraction of sp³-hybridized carbons (Fsp3) is 0.462. The van der Waals surface area contributed by atoms with Crippen LogP contribution in [0.5, 0.6) is 17.2 Å². The van der Waals surface area contributed by atoms with Gasteiger partial charge in [-0.15, -0.1) is 0 Å². The molecule has 2 aliphatic rings. The molecule has 7 heteroatoms. The molecule has 0 radical (unpaired) electrons. The number of nitrogens with one attached hydrogen (secondary N) is 1. The second-order valence-corrected chi connectivity index (χ2v) is 8.64. The Kier molecular flexibility index (Phi) is 6.77. The lowest BCUT2D eigenvalue weighted by Gasteiger charge is -2.22. The summed E-state index contributed by atoms with van der Waals surface area (Å²) in [5.74, 6) is 1.34. The second-order valence-electron chi connectivity index (χ2n) is 8.64. The number of benzene rings is 2. The zero-order chi connectivity index (χ0) is 23.4. The third kappa shape index (κ3) is 4.92. The van der Waals surface area contributed by atoms with E-state index in [4.69, 9.17) is 18.9 Å². The van der Waals surface area contributed by atoms with Gasteiger partial charge >= 0.3 is 5.97 Å². The van der Waals surface area contributed by atoms with Crippen molar-refractivity contribution in [3.05, 3.63) is 41.5 Å². The lowest BCUT2D eigenvalue weighted by atomic mass is 9.99. The van der Waals surface area contributed by atoms with Crippen LogP contribution in [0.25, 0.3) is 11.1 Å². The van der Waals surface area contributed by atoms with Crippen LogP contribution in [0.4, 0.5) is 0 Å². The molecule has 1 heterocycles. The van der Waals surface area contributed by atoms with Crippen molar-refractivity contribution < 1.29 is 28.5 Å². The molecule has 2 aromatic carbocycles. The van der Waals surface area contributed by atoms with Gasteiger partial charge in [0.15, 0.2) is 11.5 Å². The molecule has 0 aromatic heterocycles. The first-order valence-corrected chi connectivity index (χ1v) is 11.5. The third-order valence-electron chi connectivity index (χ3n) is 6.20. The predicted octanol–water partition coefficient (Wildman–Crippen LogP) is 4.65. The largest absolute Gasteiger partial charge is 0.493 e. The Morgan fingerprint density at radius 2 is 1.82 bits per heavy atom. The van der Waals surface area contributed by atoms with E-state index in [1.165, 1.54) is 0 Å². The molecule has 0 bridgehead atoms. The SMILES string of the molecule is CCCCCC(=O)OC1(COc2c(-c3ccc4c(c3)CNC4=O)ccc(OC)c2OC)CC1. The molecule has 1 N–H and O–H groups in total. The van der Waals surface area contributed by atoms with Gasteiger partial charge in [0.1, 0.15) is 12.2 Å². The van der Waals surface area contributed by atoms with Crippen LogP contribution in [0, 0.1) is 0 Å². The highest BCUT2D eigenvalue weighted by molar-refractivity contribution is 5.99. The fourth-order valence-corrected chi connectivity index (χ4v) is 4.10. The predicted molar refractivity (Wildman–Crippen MR) is 124 cm³/mol. The minimum atomic E-state index is -0.580. The van der Waals surface area contributed by atoms with Gasteiger partial charge in [-0.05, 0) is 54.7 Å². The quantitative estimate of drug-likeness (QED) is 0.394. The topological polar surface area (TPSA) is 83.1 Å². The van der Waals surface area contributed by atoms with Crippen LogP contribution in [-0.2, 0) is 16.1 Å². The average molecular weight is 454 g/mol. The minimum absolute atomic E-state index is 0.0586. The number of hydrogen-bond donors (Lipinski definition) is 1. The third-order valence-corrected chi connectivity index (χ3v) is 6.20. The number of ether oxygens (including phenoxy) is 4. The molecule has 1 aliphatic heterocycles. The van der Waals surface area contributed by atoms with Crippen molar-refractivity contribution in [3.8, 4) is 28.4 Å². The highest BCUT2D eigenvalue weighted by Gasteiger charge is 2.48. The smallest absolute Gasteiger partial charge is 0.306 e. The number of carbonyl (C=O) groups is 2. The molecule has 176 valence electrons. The first-order valence-electron chi connectivity index (χ1n) is 11.5. The summed E-state index contributed by atoms with van der Waals surface area (Å²) in [5.41, 5.74) is 2.78. The van der Waals surface area contributed by atoms with Crippen LogP contribution in [-0.4, -0.2) is 38.3 Å². The maximum atomic E-state index is 12.3. The van der Waals surface area contributed by atoms with E-state index in [9.17, 15) is 9.59 Å². The van der Waals surface area contributed by atoms with Crippen LogP contribution >= 0.6 is 0 Å². The highest BCUT2D eigenvalue weighted by atomic mass is 16.6. The summed E-state index contributed by atoms with van der Waals surface area (Å²) in [4.78, 5) is 24.2. The summed E-state index contributed by atoms with van der Waals surface area (Å²) in [5, 5.41) is 2.85. The van der Waals surface area contributed by atoms with Gasteiger partial charge in [-0.2, -0.15) is 0 Å². The van der Waals surface area contributed by atoms with Crippen LogP contribution in [0.15, 0.2) is 30.3 Å². The molecular formula is C26H31NO6. The monoisotopic (exact) mass is 453 g/mol. The normalized spacial score (nSPS) is 15.4. The Bertz CT molecular complexity index is 1040. The van der Waals surface area contributed by atoms with Crippen molar-refractivity contribution in [1.29, 1.82) is 0 Å². The van der Waals surface area contributed by atoms with Gasteiger partial charge in [0.05, 0.1) is 14.2 Å². The van der Waals surface area contributed by atoms with Gasteiger partial charge in [0, 0.05) is 24.1 Å². The first kappa shape index (κ1) is 23.0. The van der Waals surface area contributed by atoms with E-state index in [0.717, 1.165) is 48.8 Å². The van der Waals surface area contributed by atoms with Gasteiger partial charge < -0.3 is 24.3 Å². The van der Waals surface area contributed by atoms with Crippen molar-refractivity contribution in [2.45, 2.75) is 57.6 Å². The van der Waals surface area contributed by atoms with Crippen molar-refractivity contribution in [1.82, 2.24) is 5.32 Å². The number of fused-ring (bicyclic) bond motifs is 1. The number of rotatable bonds is 11. The molecule has 1 aliphatic carbocycles. The number of unbranched alkanes of at least 4 members (excludes halogenated alkanes) is 2. The van der Waals surface area contributed by atoms with Crippen molar-refractivity contribution >= 4 is 11.9 Å². The molecule has 0 atom stereocenters. The van der Waals surface area contributed by atoms with Gasteiger partial charge in [-0.3, -0.25) is 9.59 Å². The second kappa shape index (κ2) is 9.73. The lowest BCUT2D eigenvalue weighted by molar-refractivity contribution is -0.153. The first-order chi connectivity index (χ1) is 16.0. The Labute approximate surface area is 194 Å². The molecule has 1 fully saturated rings. The average Bonchev–Trinajstić information content (AvgIpc) is 3.49. The molecule has 0 spiro atoms. The van der Waals surface area contributed by atoms with Crippen molar-refractivity contribution in [2.24, 2.45) is 0 Å². The maximum absolute atomic E-state index is 12.3. The van der Waals surface area contributed by atoms with Crippen molar-refractivity contribution in [3.63, 3.8) is 0 Å². The molecule has 7 nitrogen and oxygen atoms in total. The Morgan fingerprint density at radius 3 is 2.52 bits per heavy atom. The summed E-state index contributed by atoms with van der Waals surface area (Å²) >= 11 is 0. The van der Waals surface area contributed by atoms with E-state index in [1.807, 2.05) is 30.3 Å². The Balaban J connectivity index is 1.58. The van der Waals surface area contributed by atoms with E-state index in [-0.39, 0.29) is 18.5 Å². The summed E-state index contributed by atoms with van der Waals surface area (Å²) in [7, 11) is 3.15. The number of methoxy groups -OCH3 is 2. The van der Waals surface area contributed by atoms with Crippen molar-refractivity contribution in [2.75, 3.05) is 20.8 Å². The summed E-state index contributed by atoms with van der Waals surface area (Å²) < 4.78 is 23.2. The molecule has 33 heavy (non-hydrogen) atoms. The van der Waals surface area contributed by atoms with Crippen LogP contribution in [0.2, 0.25) is 0 Å². The highest BCUT2D eigenvalue weighted by Crippen LogP contribution is 2.47. The number of amides is 1. The summed E-state index contributed by atoms with van der Waals surface area (Å²) in [6, 6.07) is 9.46. The van der Waals surface area contributed by atoms with Crippen LogP contribution in [0.1, 0.15) is 61.4 Å². The number of carbonyl (C=O) groups excluding carboxylic acids is 2. The summed E-state index contributed by atoms with van der Waals surface area (Å²) in [6.07, 6.45) is 4.92. The summed E-state index contributed by atoms with van der Waals surface area (Å²) in [6.45, 7) is 2.85. The van der Waals surface area contributed by atoms with Gasteiger partial charge in [0.25, 0.3) is 5.91 Å². The molecule has 4 rings (SSSR count). The lowest BCUT2D eigenvalue weighted by Crippen LogP contribution is -2.27. The van der Waals surface area contributed by atoms with E-state index in [2.05, 4.69) is 12.2 Å².